The van der Waals surface area contributed by atoms with Gasteiger partial charge in [0.25, 0.3) is 5.69 Å². The SMILES string of the molecule is CS(=O)(=O)c1ccc(N[C@H](c2ccccc2)c2cccs2)c([N+](=O)[O-])c1. The van der Waals surface area contributed by atoms with Gasteiger partial charge in [0.05, 0.1) is 15.9 Å². The molecule has 0 aliphatic rings. The molecule has 0 radical (unpaired) electrons. The number of sulfone groups is 1. The van der Waals surface area contributed by atoms with Crippen LogP contribution in [0.15, 0.2) is 70.9 Å². The highest BCUT2D eigenvalue weighted by atomic mass is 32.2. The van der Waals surface area contributed by atoms with E-state index < -0.39 is 14.8 Å². The van der Waals surface area contributed by atoms with Gasteiger partial charge in [-0.15, -0.1) is 11.3 Å². The number of nitro benzene ring substituents is 1. The van der Waals surface area contributed by atoms with Gasteiger partial charge in [-0.25, -0.2) is 8.42 Å². The Hall–Kier alpha value is -2.71. The maximum Gasteiger partial charge on any atom is 0.293 e. The molecule has 0 aliphatic heterocycles. The fourth-order valence-corrected chi connectivity index (χ4v) is 4.03. The van der Waals surface area contributed by atoms with Gasteiger partial charge in [0, 0.05) is 17.2 Å². The molecule has 3 rings (SSSR count). The number of hydrogen-bond acceptors (Lipinski definition) is 6. The molecule has 0 unspecified atom stereocenters. The second kappa shape index (κ2) is 7.27. The van der Waals surface area contributed by atoms with Gasteiger partial charge in [-0.3, -0.25) is 10.1 Å². The van der Waals surface area contributed by atoms with E-state index in [9.17, 15) is 18.5 Å². The van der Waals surface area contributed by atoms with Crippen LogP contribution in [0.2, 0.25) is 0 Å². The summed E-state index contributed by atoms with van der Waals surface area (Å²) in [5.41, 5.74) is 0.950. The van der Waals surface area contributed by atoms with Crippen LogP contribution < -0.4 is 5.32 Å². The van der Waals surface area contributed by atoms with Crippen molar-refractivity contribution in [3.63, 3.8) is 0 Å². The van der Waals surface area contributed by atoms with Crippen molar-refractivity contribution >= 4 is 32.5 Å². The molecule has 134 valence electrons. The molecule has 0 fully saturated rings. The molecule has 0 bridgehead atoms. The summed E-state index contributed by atoms with van der Waals surface area (Å²) in [7, 11) is -3.53. The van der Waals surface area contributed by atoms with Crippen molar-refractivity contribution in [1.29, 1.82) is 0 Å². The van der Waals surface area contributed by atoms with E-state index in [0.717, 1.165) is 22.8 Å². The van der Waals surface area contributed by atoms with Gasteiger partial charge in [0.1, 0.15) is 5.69 Å². The van der Waals surface area contributed by atoms with Crippen molar-refractivity contribution in [3.8, 4) is 0 Å². The molecule has 0 saturated carbocycles. The van der Waals surface area contributed by atoms with Crippen LogP contribution in [-0.2, 0) is 9.84 Å². The molecule has 6 nitrogen and oxygen atoms in total. The third kappa shape index (κ3) is 3.92. The highest BCUT2D eigenvalue weighted by Crippen LogP contribution is 2.34. The smallest absolute Gasteiger partial charge is 0.293 e. The van der Waals surface area contributed by atoms with E-state index >= 15 is 0 Å². The molecule has 1 atom stereocenters. The van der Waals surface area contributed by atoms with Crippen LogP contribution in [0.5, 0.6) is 0 Å². The van der Waals surface area contributed by atoms with E-state index in [1.807, 2.05) is 47.8 Å². The number of rotatable bonds is 6. The maximum absolute atomic E-state index is 11.7. The van der Waals surface area contributed by atoms with E-state index in [-0.39, 0.29) is 22.3 Å². The molecule has 2 aromatic carbocycles. The first-order chi connectivity index (χ1) is 12.4. The summed E-state index contributed by atoms with van der Waals surface area (Å²) < 4.78 is 23.4. The van der Waals surface area contributed by atoms with Crippen molar-refractivity contribution < 1.29 is 13.3 Å². The van der Waals surface area contributed by atoms with Crippen LogP contribution in [0, 0.1) is 10.1 Å². The van der Waals surface area contributed by atoms with Crippen molar-refractivity contribution in [3.05, 3.63) is 86.6 Å². The second-order valence-electron chi connectivity index (χ2n) is 5.71. The predicted molar refractivity (Wildman–Crippen MR) is 102 cm³/mol. The fourth-order valence-electron chi connectivity index (χ4n) is 2.59. The molecule has 0 aliphatic carbocycles. The number of nitrogens with one attached hydrogen (secondary N) is 1. The third-order valence-electron chi connectivity index (χ3n) is 3.85. The van der Waals surface area contributed by atoms with Crippen molar-refractivity contribution in [2.45, 2.75) is 10.9 Å². The average molecular weight is 388 g/mol. The topological polar surface area (TPSA) is 89.3 Å². The third-order valence-corrected chi connectivity index (χ3v) is 5.90. The summed E-state index contributed by atoms with van der Waals surface area (Å²) in [5.74, 6) is 0. The van der Waals surface area contributed by atoms with E-state index in [0.29, 0.717) is 0 Å². The molecule has 26 heavy (non-hydrogen) atoms. The quantitative estimate of drug-likeness (QED) is 0.503. The first kappa shape index (κ1) is 18.1. The zero-order valence-electron chi connectivity index (χ0n) is 13.8. The van der Waals surface area contributed by atoms with Gasteiger partial charge in [-0.1, -0.05) is 36.4 Å². The van der Waals surface area contributed by atoms with Gasteiger partial charge in [0.2, 0.25) is 0 Å². The van der Waals surface area contributed by atoms with Crippen LogP contribution in [0.1, 0.15) is 16.5 Å². The molecule has 0 spiro atoms. The van der Waals surface area contributed by atoms with E-state index in [4.69, 9.17) is 0 Å². The monoisotopic (exact) mass is 388 g/mol. The number of nitrogens with zero attached hydrogens (tertiary/aromatic N) is 1. The minimum atomic E-state index is -3.53. The first-order valence-electron chi connectivity index (χ1n) is 7.69. The predicted octanol–water partition coefficient (Wildman–Crippen LogP) is 4.26. The summed E-state index contributed by atoms with van der Waals surface area (Å²) in [6, 6.07) is 17.1. The lowest BCUT2D eigenvalue weighted by molar-refractivity contribution is -0.384. The lowest BCUT2D eigenvalue weighted by atomic mass is 10.0. The number of nitro groups is 1. The number of hydrogen-bond donors (Lipinski definition) is 1. The van der Waals surface area contributed by atoms with Crippen LogP contribution in [0.4, 0.5) is 11.4 Å². The fraction of sp³-hybridized carbons (Fsp3) is 0.111. The molecular formula is C18H16N2O4S2. The summed E-state index contributed by atoms with van der Waals surface area (Å²) >= 11 is 1.54. The first-order valence-corrected chi connectivity index (χ1v) is 10.5. The summed E-state index contributed by atoms with van der Waals surface area (Å²) in [4.78, 5) is 11.8. The summed E-state index contributed by atoms with van der Waals surface area (Å²) in [6.07, 6.45) is 1.03. The van der Waals surface area contributed by atoms with Crippen LogP contribution in [-0.4, -0.2) is 19.6 Å². The van der Waals surface area contributed by atoms with Gasteiger partial charge < -0.3 is 5.32 Å². The van der Waals surface area contributed by atoms with Gasteiger partial charge in [-0.05, 0) is 29.1 Å². The second-order valence-corrected chi connectivity index (χ2v) is 8.71. The lowest BCUT2D eigenvalue weighted by Crippen LogP contribution is -2.12. The number of thiophene rings is 1. The molecule has 0 amide bonds. The summed E-state index contributed by atoms with van der Waals surface area (Å²) in [5, 5.41) is 16.6. The Labute approximate surface area is 155 Å². The van der Waals surface area contributed by atoms with Gasteiger partial charge >= 0.3 is 0 Å². The Bertz CT molecular complexity index is 1020. The highest BCUT2D eigenvalue weighted by molar-refractivity contribution is 7.90. The van der Waals surface area contributed by atoms with Crippen molar-refractivity contribution in [2.75, 3.05) is 11.6 Å². The van der Waals surface area contributed by atoms with E-state index in [1.54, 1.807) is 0 Å². The van der Waals surface area contributed by atoms with Crippen LogP contribution in [0.25, 0.3) is 0 Å². The summed E-state index contributed by atoms with van der Waals surface area (Å²) in [6.45, 7) is 0. The van der Waals surface area contributed by atoms with Crippen molar-refractivity contribution in [2.24, 2.45) is 0 Å². The molecule has 8 heteroatoms. The largest absolute Gasteiger partial charge is 0.368 e. The maximum atomic E-state index is 11.7. The normalized spacial score (nSPS) is 12.5. The average Bonchev–Trinajstić information content (AvgIpc) is 3.13. The van der Waals surface area contributed by atoms with Gasteiger partial charge in [0.15, 0.2) is 9.84 Å². The van der Waals surface area contributed by atoms with E-state index in [2.05, 4.69) is 5.32 Å². The molecule has 1 N–H and O–H groups in total. The Kier molecular flexibility index (Phi) is 5.06. The Morgan fingerprint density at radius 3 is 2.38 bits per heavy atom. The van der Waals surface area contributed by atoms with E-state index in [1.165, 1.54) is 23.5 Å². The minimum Gasteiger partial charge on any atom is -0.368 e. The highest BCUT2D eigenvalue weighted by Gasteiger charge is 2.22. The Morgan fingerprint density at radius 1 is 1.08 bits per heavy atom. The molecule has 1 aromatic heterocycles. The Morgan fingerprint density at radius 2 is 1.81 bits per heavy atom. The van der Waals surface area contributed by atoms with Crippen LogP contribution >= 0.6 is 11.3 Å². The minimum absolute atomic E-state index is 0.0814. The zero-order valence-corrected chi connectivity index (χ0v) is 15.5. The Balaban J connectivity index is 2.06. The van der Waals surface area contributed by atoms with Crippen molar-refractivity contribution in [1.82, 2.24) is 0 Å². The molecule has 1 heterocycles. The molecule has 3 aromatic rings. The van der Waals surface area contributed by atoms with Crippen LogP contribution in [0.3, 0.4) is 0 Å². The van der Waals surface area contributed by atoms with Gasteiger partial charge in [-0.2, -0.15) is 0 Å². The number of benzene rings is 2. The lowest BCUT2D eigenvalue weighted by Gasteiger charge is -2.19. The zero-order chi connectivity index (χ0) is 18.7. The molecule has 0 saturated heterocycles. The standard InChI is InChI=1S/C18H16N2O4S2/c1-26(23,24)14-9-10-15(16(12-14)20(21)22)19-18(17-8-5-11-25-17)13-6-3-2-4-7-13/h2-12,18-19H,1H3/t18-/m1/s1. The molecular weight excluding hydrogens is 372 g/mol. The number of anilines is 1.